The summed E-state index contributed by atoms with van der Waals surface area (Å²) in [5, 5.41) is 3.89. The predicted molar refractivity (Wildman–Crippen MR) is 89.0 cm³/mol. The van der Waals surface area contributed by atoms with Gasteiger partial charge in [0.05, 0.1) is 17.3 Å². The van der Waals surface area contributed by atoms with Crippen molar-refractivity contribution in [3.8, 4) is 0 Å². The molecule has 22 heavy (non-hydrogen) atoms. The van der Waals surface area contributed by atoms with Gasteiger partial charge in [0.25, 0.3) is 5.91 Å². The highest BCUT2D eigenvalue weighted by Crippen LogP contribution is 2.33. The molecule has 4 nitrogen and oxygen atoms in total. The van der Waals surface area contributed by atoms with Gasteiger partial charge in [-0.15, -0.1) is 0 Å². The van der Waals surface area contributed by atoms with E-state index in [0.29, 0.717) is 0 Å². The van der Waals surface area contributed by atoms with Crippen LogP contribution in [-0.2, 0) is 6.54 Å². The molecule has 1 atom stereocenters. The second kappa shape index (κ2) is 6.58. The molecule has 1 aliphatic heterocycles. The first-order valence-corrected chi connectivity index (χ1v) is 8.52. The standard InChI is InChI=1S/C17H21N3OS/c1-19(2)11-15-10-13(5-7-18-15)16-4-3-8-20(16)17(21)14-6-9-22-12-14/h5-7,9-10,12,16H,3-4,8,11H2,1-2H3/t16-/m0/s1. The van der Waals surface area contributed by atoms with Gasteiger partial charge in [0, 0.05) is 24.7 Å². The molecule has 0 unspecified atom stereocenters. The van der Waals surface area contributed by atoms with Crippen molar-refractivity contribution in [2.75, 3.05) is 20.6 Å². The van der Waals surface area contributed by atoms with Gasteiger partial charge in [-0.1, -0.05) is 0 Å². The van der Waals surface area contributed by atoms with E-state index in [4.69, 9.17) is 0 Å². The fourth-order valence-electron chi connectivity index (χ4n) is 3.02. The van der Waals surface area contributed by atoms with Crippen molar-refractivity contribution in [1.82, 2.24) is 14.8 Å². The van der Waals surface area contributed by atoms with E-state index in [1.807, 2.05) is 48.1 Å². The Morgan fingerprint density at radius 1 is 1.45 bits per heavy atom. The van der Waals surface area contributed by atoms with Crippen LogP contribution in [0, 0.1) is 0 Å². The Hall–Kier alpha value is -1.72. The maximum absolute atomic E-state index is 12.7. The second-order valence-electron chi connectivity index (χ2n) is 5.99. The predicted octanol–water partition coefficient (Wildman–Crippen LogP) is 3.18. The summed E-state index contributed by atoms with van der Waals surface area (Å²) < 4.78 is 0. The van der Waals surface area contributed by atoms with Crippen molar-refractivity contribution in [3.05, 3.63) is 52.0 Å². The minimum atomic E-state index is 0.148. The molecule has 3 rings (SSSR count). The van der Waals surface area contributed by atoms with E-state index in [-0.39, 0.29) is 11.9 Å². The molecular formula is C17H21N3OS. The molecule has 1 saturated heterocycles. The summed E-state index contributed by atoms with van der Waals surface area (Å²) in [6.07, 6.45) is 3.95. The van der Waals surface area contributed by atoms with E-state index < -0.39 is 0 Å². The number of likely N-dealkylation sites (tertiary alicyclic amines) is 1. The molecule has 2 aromatic heterocycles. The molecule has 116 valence electrons. The highest BCUT2D eigenvalue weighted by Gasteiger charge is 2.30. The molecule has 1 fully saturated rings. The van der Waals surface area contributed by atoms with Crippen molar-refractivity contribution in [2.24, 2.45) is 0 Å². The van der Waals surface area contributed by atoms with E-state index in [1.54, 1.807) is 11.3 Å². The number of nitrogens with zero attached hydrogens (tertiary/aromatic N) is 3. The van der Waals surface area contributed by atoms with Crippen molar-refractivity contribution >= 4 is 17.2 Å². The van der Waals surface area contributed by atoms with E-state index >= 15 is 0 Å². The number of carbonyl (C=O) groups excluding carboxylic acids is 1. The first-order chi connectivity index (χ1) is 10.6. The van der Waals surface area contributed by atoms with Crippen molar-refractivity contribution in [1.29, 1.82) is 0 Å². The van der Waals surface area contributed by atoms with Crippen molar-refractivity contribution < 1.29 is 4.79 Å². The Kier molecular flexibility index (Phi) is 4.55. The minimum Gasteiger partial charge on any atom is -0.332 e. The zero-order valence-electron chi connectivity index (χ0n) is 13.0. The van der Waals surface area contributed by atoms with Crippen LogP contribution >= 0.6 is 11.3 Å². The Morgan fingerprint density at radius 3 is 3.05 bits per heavy atom. The van der Waals surface area contributed by atoms with Crippen LogP contribution in [0.15, 0.2) is 35.2 Å². The van der Waals surface area contributed by atoms with E-state index in [9.17, 15) is 4.79 Å². The average molecular weight is 315 g/mol. The lowest BCUT2D eigenvalue weighted by atomic mass is 10.0. The summed E-state index contributed by atoms with van der Waals surface area (Å²) in [6, 6.07) is 6.27. The molecule has 0 radical (unpaired) electrons. The number of thiophene rings is 1. The number of rotatable bonds is 4. The fourth-order valence-corrected chi connectivity index (χ4v) is 3.65. The molecule has 0 bridgehead atoms. The van der Waals surface area contributed by atoms with E-state index in [2.05, 4.69) is 16.0 Å². The fraction of sp³-hybridized carbons (Fsp3) is 0.412. The third-order valence-electron chi connectivity index (χ3n) is 3.99. The molecule has 0 N–H and O–H groups in total. The monoisotopic (exact) mass is 315 g/mol. The Bertz CT molecular complexity index is 639. The van der Waals surface area contributed by atoms with Crippen LogP contribution < -0.4 is 0 Å². The van der Waals surface area contributed by atoms with Crippen LogP contribution in [0.5, 0.6) is 0 Å². The van der Waals surface area contributed by atoms with Gasteiger partial charge < -0.3 is 9.80 Å². The Morgan fingerprint density at radius 2 is 2.32 bits per heavy atom. The number of hydrogen-bond acceptors (Lipinski definition) is 4. The summed E-state index contributed by atoms with van der Waals surface area (Å²) in [7, 11) is 4.08. The third kappa shape index (κ3) is 3.20. The lowest BCUT2D eigenvalue weighted by Gasteiger charge is -2.25. The second-order valence-corrected chi connectivity index (χ2v) is 6.77. The van der Waals surface area contributed by atoms with Crippen molar-refractivity contribution in [2.45, 2.75) is 25.4 Å². The highest BCUT2D eigenvalue weighted by molar-refractivity contribution is 7.08. The lowest BCUT2D eigenvalue weighted by Crippen LogP contribution is -2.30. The number of pyridine rings is 1. The molecule has 5 heteroatoms. The average Bonchev–Trinajstić information content (AvgIpc) is 3.18. The van der Waals surface area contributed by atoms with Crippen LogP contribution in [0.2, 0.25) is 0 Å². The summed E-state index contributed by atoms with van der Waals surface area (Å²) in [5.74, 6) is 0.148. The van der Waals surface area contributed by atoms with Crippen LogP contribution in [0.25, 0.3) is 0 Å². The Labute approximate surface area is 135 Å². The minimum absolute atomic E-state index is 0.148. The van der Waals surface area contributed by atoms with Crippen LogP contribution in [0.4, 0.5) is 0 Å². The molecular weight excluding hydrogens is 294 g/mol. The topological polar surface area (TPSA) is 36.4 Å². The molecule has 0 spiro atoms. The van der Waals surface area contributed by atoms with Gasteiger partial charge in [-0.05, 0) is 56.1 Å². The first kappa shape index (κ1) is 15.2. The SMILES string of the molecule is CN(C)Cc1cc([C@@H]2CCCN2C(=O)c2ccsc2)ccn1. The smallest absolute Gasteiger partial charge is 0.255 e. The molecule has 2 aromatic rings. The summed E-state index contributed by atoms with van der Waals surface area (Å²) in [5.41, 5.74) is 3.06. The molecule has 1 amide bonds. The highest BCUT2D eigenvalue weighted by atomic mass is 32.1. The molecule has 1 aliphatic rings. The normalized spacial score (nSPS) is 18.1. The van der Waals surface area contributed by atoms with Gasteiger partial charge in [-0.2, -0.15) is 11.3 Å². The van der Waals surface area contributed by atoms with Gasteiger partial charge in [0.15, 0.2) is 0 Å². The summed E-state index contributed by atoms with van der Waals surface area (Å²) >= 11 is 1.57. The van der Waals surface area contributed by atoms with Crippen molar-refractivity contribution in [3.63, 3.8) is 0 Å². The number of amides is 1. The van der Waals surface area contributed by atoms with E-state index in [1.165, 1.54) is 5.56 Å². The van der Waals surface area contributed by atoms with Crippen LogP contribution in [-0.4, -0.2) is 41.3 Å². The Balaban J connectivity index is 1.82. The largest absolute Gasteiger partial charge is 0.332 e. The number of hydrogen-bond donors (Lipinski definition) is 0. The van der Waals surface area contributed by atoms with Crippen LogP contribution in [0.1, 0.15) is 40.5 Å². The van der Waals surface area contributed by atoms with E-state index in [0.717, 1.165) is 37.2 Å². The van der Waals surface area contributed by atoms with Crippen LogP contribution in [0.3, 0.4) is 0 Å². The van der Waals surface area contributed by atoms with Gasteiger partial charge in [0.2, 0.25) is 0 Å². The summed E-state index contributed by atoms with van der Waals surface area (Å²) in [6.45, 7) is 1.66. The maximum Gasteiger partial charge on any atom is 0.255 e. The zero-order chi connectivity index (χ0) is 15.5. The molecule has 0 aliphatic carbocycles. The third-order valence-corrected chi connectivity index (χ3v) is 4.67. The van der Waals surface area contributed by atoms with Gasteiger partial charge >= 0.3 is 0 Å². The molecule has 3 heterocycles. The molecule has 0 saturated carbocycles. The number of carbonyl (C=O) groups is 1. The zero-order valence-corrected chi connectivity index (χ0v) is 13.8. The van der Waals surface area contributed by atoms with Gasteiger partial charge in [0.1, 0.15) is 0 Å². The van der Waals surface area contributed by atoms with Gasteiger partial charge in [-0.3, -0.25) is 9.78 Å². The lowest BCUT2D eigenvalue weighted by molar-refractivity contribution is 0.0736. The van der Waals surface area contributed by atoms with Gasteiger partial charge in [-0.25, -0.2) is 0 Å². The maximum atomic E-state index is 12.7. The molecule has 0 aromatic carbocycles. The summed E-state index contributed by atoms with van der Waals surface area (Å²) in [4.78, 5) is 21.2. The first-order valence-electron chi connectivity index (χ1n) is 7.58. The number of aromatic nitrogens is 1. The quantitative estimate of drug-likeness (QED) is 0.869.